The fourth-order valence-electron chi connectivity index (χ4n) is 3.12. The number of hydrogen-bond acceptors (Lipinski definition) is 4. The maximum absolute atomic E-state index is 6.11. The lowest BCUT2D eigenvalue weighted by Crippen LogP contribution is -2.17. The van der Waals surface area contributed by atoms with Crippen molar-refractivity contribution < 1.29 is 14.2 Å². The third kappa shape index (κ3) is 5.89. The van der Waals surface area contributed by atoms with Crippen LogP contribution in [0.2, 0.25) is 5.02 Å². The van der Waals surface area contributed by atoms with Crippen LogP contribution in [0.25, 0.3) is 0 Å². The first kappa shape index (κ1) is 21.0. The van der Waals surface area contributed by atoms with Crippen molar-refractivity contribution in [3.8, 4) is 17.2 Å². The molecule has 0 aliphatic carbocycles. The van der Waals surface area contributed by atoms with Gasteiger partial charge in [-0.1, -0.05) is 54.1 Å². The number of hydrogen-bond donors (Lipinski definition) is 1. The molecule has 3 rings (SSSR count). The molecule has 0 radical (unpaired) electrons. The zero-order chi connectivity index (χ0) is 20.5. The van der Waals surface area contributed by atoms with E-state index < -0.39 is 0 Å². The van der Waals surface area contributed by atoms with Crippen molar-refractivity contribution in [3.05, 3.63) is 88.4 Å². The summed E-state index contributed by atoms with van der Waals surface area (Å²) in [6.07, 6.45) is 0.884. The van der Waals surface area contributed by atoms with Gasteiger partial charge in [0.1, 0.15) is 12.4 Å². The first-order valence-corrected chi connectivity index (χ1v) is 9.94. The molecule has 4 nitrogen and oxygen atoms in total. The van der Waals surface area contributed by atoms with Crippen LogP contribution in [0.3, 0.4) is 0 Å². The third-order valence-electron chi connectivity index (χ3n) is 4.66. The summed E-state index contributed by atoms with van der Waals surface area (Å²) < 4.78 is 17.0. The van der Waals surface area contributed by atoms with Gasteiger partial charge in [-0.15, -0.1) is 0 Å². The highest BCUT2D eigenvalue weighted by atomic mass is 35.5. The summed E-state index contributed by atoms with van der Waals surface area (Å²) in [6, 6.07) is 21.7. The Hall–Kier alpha value is -2.69. The Kier molecular flexibility index (Phi) is 7.79. The summed E-state index contributed by atoms with van der Waals surface area (Å²) in [4.78, 5) is 0. The molecule has 0 aromatic heterocycles. The summed E-state index contributed by atoms with van der Waals surface area (Å²) in [5.74, 6) is 2.40. The lowest BCUT2D eigenvalue weighted by molar-refractivity contribution is 0.280. The number of rotatable bonds is 10. The van der Waals surface area contributed by atoms with Crippen LogP contribution >= 0.6 is 11.6 Å². The number of para-hydroxylation sites is 2. The van der Waals surface area contributed by atoms with Crippen LogP contribution in [0.15, 0.2) is 66.7 Å². The van der Waals surface area contributed by atoms with E-state index in [-0.39, 0.29) is 0 Å². The van der Waals surface area contributed by atoms with Crippen LogP contribution < -0.4 is 19.5 Å². The van der Waals surface area contributed by atoms with Gasteiger partial charge in [0.05, 0.1) is 14.2 Å². The van der Waals surface area contributed by atoms with Crippen LogP contribution in [0.4, 0.5) is 0 Å². The van der Waals surface area contributed by atoms with Crippen molar-refractivity contribution in [2.24, 2.45) is 0 Å². The van der Waals surface area contributed by atoms with E-state index in [1.165, 1.54) is 5.56 Å². The molecule has 152 valence electrons. The lowest BCUT2D eigenvalue weighted by Gasteiger charge is -2.16. The quantitative estimate of drug-likeness (QED) is 0.461. The molecule has 1 N–H and O–H groups in total. The predicted octanol–water partition coefficient (Wildman–Crippen LogP) is 5.27. The molecule has 0 saturated carbocycles. The van der Waals surface area contributed by atoms with E-state index in [4.69, 9.17) is 25.8 Å². The Bertz CT molecular complexity index is 912. The summed E-state index contributed by atoms with van der Waals surface area (Å²) in [5, 5.41) is 4.20. The molecule has 0 heterocycles. The monoisotopic (exact) mass is 411 g/mol. The molecule has 0 spiro atoms. The molecule has 0 unspecified atom stereocenters. The topological polar surface area (TPSA) is 39.7 Å². The summed E-state index contributed by atoms with van der Waals surface area (Å²) in [7, 11) is 3.36. The smallest absolute Gasteiger partial charge is 0.166 e. The Morgan fingerprint density at radius 2 is 1.48 bits per heavy atom. The lowest BCUT2D eigenvalue weighted by atomic mass is 10.1. The van der Waals surface area contributed by atoms with E-state index in [9.17, 15) is 0 Å². The normalized spacial score (nSPS) is 10.6. The molecular formula is C24H26ClNO3. The van der Waals surface area contributed by atoms with Crippen molar-refractivity contribution >= 4 is 11.6 Å². The average molecular weight is 412 g/mol. The van der Waals surface area contributed by atoms with Gasteiger partial charge in [0, 0.05) is 17.1 Å². The van der Waals surface area contributed by atoms with Gasteiger partial charge in [-0.2, -0.15) is 0 Å². The second-order valence-electron chi connectivity index (χ2n) is 6.60. The van der Waals surface area contributed by atoms with Gasteiger partial charge in [-0.25, -0.2) is 0 Å². The van der Waals surface area contributed by atoms with Crippen LogP contribution in [0.1, 0.15) is 16.7 Å². The standard InChI is InChI=1S/C24H26ClNO3/c1-27-22-8-4-3-6-19(22)14-15-26-16-20-7-5-9-23(28-2)24(20)29-17-18-10-12-21(25)13-11-18/h3-13,26H,14-17H2,1-2H3. The van der Waals surface area contributed by atoms with Gasteiger partial charge < -0.3 is 19.5 Å². The number of nitrogens with one attached hydrogen (secondary N) is 1. The van der Waals surface area contributed by atoms with Crippen LogP contribution in [0, 0.1) is 0 Å². The van der Waals surface area contributed by atoms with E-state index in [0.29, 0.717) is 18.2 Å². The van der Waals surface area contributed by atoms with Crippen molar-refractivity contribution in [1.82, 2.24) is 5.32 Å². The maximum atomic E-state index is 6.11. The van der Waals surface area contributed by atoms with Crippen molar-refractivity contribution in [2.75, 3.05) is 20.8 Å². The third-order valence-corrected chi connectivity index (χ3v) is 4.91. The van der Waals surface area contributed by atoms with E-state index in [0.717, 1.165) is 41.3 Å². The molecule has 0 amide bonds. The Balaban J connectivity index is 1.61. The molecule has 0 aliphatic rings. The van der Waals surface area contributed by atoms with Crippen LogP contribution in [-0.4, -0.2) is 20.8 Å². The van der Waals surface area contributed by atoms with Gasteiger partial charge in [0.25, 0.3) is 0 Å². The number of halogens is 1. The van der Waals surface area contributed by atoms with Crippen molar-refractivity contribution in [1.29, 1.82) is 0 Å². The first-order chi connectivity index (χ1) is 14.2. The van der Waals surface area contributed by atoms with Crippen molar-refractivity contribution in [3.63, 3.8) is 0 Å². The second-order valence-corrected chi connectivity index (χ2v) is 7.04. The fourth-order valence-corrected chi connectivity index (χ4v) is 3.24. The minimum Gasteiger partial charge on any atom is -0.496 e. The molecular weight excluding hydrogens is 386 g/mol. The molecule has 5 heteroatoms. The zero-order valence-corrected chi connectivity index (χ0v) is 17.5. The summed E-state index contributed by atoms with van der Waals surface area (Å²) in [5.41, 5.74) is 3.29. The highest BCUT2D eigenvalue weighted by Gasteiger charge is 2.11. The highest BCUT2D eigenvalue weighted by Crippen LogP contribution is 2.32. The zero-order valence-electron chi connectivity index (χ0n) is 16.8. The molecule has 0 bridgehead atoms. The second kappa shape index (κ2) is 10.7. The van der Waals surface area contributed by atoms with Crippen LogP contribution in [0.5, 0.6) is 17.2 Å². The molecule has 0 fully saturated rings. The average Bonchev–Trinajstić information content (AvgIpc) is 2.76. The number of ether oxygens (including phenoxy) is 3. The summed E-state index contributed by atoms with van der Waals surface area (Å²) >= 11 is 5.96. The maximum Gasteiger partial charge on any atom is 0.166 e. The van der Waals surface area contributed by atoms with E-state index in [2.05, 4.69) is 17.4 Å². The Morgan fingerprint density at radius 3 is 2.24 bits per heavy atom. The predicted molar refractivity (Wildman–Crippen MR) is 117 cm³/mol. The van der Waals surface area contributed by atoms with Gasteiger partial charge in [-0.3, -0.25) is 0 Å². The molecule has 0 atom stereocenters. The van der Waals surface area contributed by atoms with E-state index >= 15 is 0 Å². The van der Waals surface area contributed by atoms with E-state index in [1.807, 2.05) is 54.6 Å². The van der Waals surface area contributed by atoms with Gasteiger partial charge in [-0.05, 0) is 48.4 Å². The molecule has 3 aromatic rings. The number of benzene rings is 3. The Labute approximate surface area is 177 Å². The van der Waals surface area contributed by atoms with Crippen molar-refractivity contribution in [2.45, 2.75) is 19.6 Å². The van der Waals surface area contributed by atoms with Crippen LogP contribution in [-0.2, 0) is 19.6 Å². The fraction of sp³-hybridized carbons (Fsp3) is 0.250. The van der Waals surface area contributed by atoms with Gasteiger partial charge in [0.15, 0.2) is 11.5 Å². The first-order valence-electron chi connectivity index (χ1n) is 9.57. The molecule has 29 heavy (non-hydrogen) atoms. The SMILES string of the molecule is COc1ccccc1CCNCc1cccc(OC)c1OCc1ccc(Cl)cc1. The minimum absolute atomic E-state index is 0.450. The summed E-state index contributed by atoms with van der Waals surface area (Å²) in [6.45, 7) is 1.96. The van der Waals surface area contributed by atoms with Gasteiger partial charge >= 0.3 is 0 Å². The molecule has 0 aliphatic heterocycles. The highest BCUT2D eigenvalue weighted by molar-refractivity contribution is 6.30. The largest absolute Gasteiger partial charge is 0.496 e. The molecule has 0 saturated heterocycles. The van der Waals surface area contributed by atoms with E-state index in [1.54, 1.807) is 14.2 Å². The minimum atomic E-state index is 0.450. The Morgan fingerprint density at radius 1 is 0.793 bits per heavy atom. The molecule has 3 aromatic carbocycles. The van der Waals surface area contributed by atoms with Gasteiger partial charge in [0.2, 0.25) is 0 Å². The number of methoxy groups -OCH3 is 2.